The van der Waals surface area contributed by atoms with Crippen molar-refractivity contribution in [3.05, 3.63) is 82.8 Å². The summed E-state index contributed by atoms with van der Waals surface area (Å²) < 4.78 is 10.0. The summed E-state index contributed by atoms with van der Waals surface area (Å²) >= 11 is 0. The van der Waals surface area contributed by atoms with Gasteiger partial charge in [-0.25, -0.2) is 9.59 Å². The van der Waals surface area contributed by atoms with Crippen molar-refractivity contribution in [3.8, 4) is 17.5 Å². The number of nitrogens with two attached hydrogens (primary N) is 1. The first-order valence-electron chi connectivity index (χ1n) is 10.0. The number of benzene rings is 2. The van der Waals surface area contributed by atoms with Crippen molar-refractivity contribution in [1.29, 1.82) is 5.26 Å². The Labute approximate surface area is 194 Å². The molecule has 0 saturated heterocycles. The molecule has 1 aliphatic rings. The van der Waals surface area contributed by atoms with Crippen molar-refractivity contribution in [1.82, 2.24) is 20.6 Å². The summed E-state index contributed by atoms with van der Waals surface area (Å²) in [5, 5.41) is 23.8. The number of anilines is 1. The number of aromatic amines is 1. The number of allylic oxidation sites excluding steroid dienone is 1. The van der Waals surface area contributed by atoms with E-state index in [1.807, 2.05) is 0 Å². The standard InChI is InChI=1S/C23H19N7O4/c1-33-22(31)18-17(13-6-4-3-5-7-13)16(12-24)20(25)30(19(18)23(32)34-2)15-10-8-14(9-11-15)21-26-28-29-27-21/h3-11,17H,25H2,1-2H3,(H,26,27,28,29). The fourth-order valence-corrected chi connectivity index (χ4v) is 3.83. The van der Waals surface area contributed by atoms with Gasteiger partial charge in [-0.15, -0.1) is 10.2 Å². The summed E-state index contributed by atoms with van der Waals surface area (Å²) in [7, 11) is 2.39. The van der Waals surface area contributed by atoms with E-state index in [1.54, 1.807) is 54.6 Å². The van der Waals surface area contributed by atoms with Crippen LogP contribution in [-0.2, 0) is 19.1 Å². The van der Waals surface area contributed by atoms with Crippen LogP contribution in [0.25, 0.3) is 11.4 Å². The number of hydrogen-bond donors (Lipinski definition) is 2. The largest absolute Gasteiger partial charge is 0.466 e. The average Bonchev–Trinajstić information content (AvgIpc) is 3.42. The van der Waals surface area contributed by atoms with Gasteiger partial charge in [-0.1, -0.05) is 30.3 Å². The average molecular weight is 457 g/mol. The summed E-state index contributed by atoms with van der Waals surface area (Å²) in [6, 6.07) is 17.6. The van der Waals surface area contributed by atoms with Gasteiger partial charge < -0.3 is 15.2 Å². The van der Waals surface area contributed by atoms with E-state index >= 15 is 0 Å². The summed E-state index contributed by atoms with van der Waals surface area (Å²) in [5.41, 5.74) is 7.99. The van der Waals surface area contributed by atoms with Crippen LogP contribution in [0.4, 0.5) is 5.69 Å². The minimum Gasteiger partial charge on any atom is -0.466 e. The second-order valence-electron chi connectivity index (χ2n) is 7.12. The number of tetrazole rings is 1. The molecule has 3 N–H and O–H groups in total. The van der Waals surface area contributed by atoms with Crippen LogP contribution in [0, 0.1) is 11.3 Å². The van der Waals surface area contributed by atoms with Crippen LogP contribution in [0.5, 0.6) is 0 Å². The lowest BCUT2D eigenvalue weighted by Crippen LogP contribution is -2.40. The molecule has 1 unspecified atom stereocenters. The van der Waals surface area contributed by atoms with Crippen LogP contribution < -0.4 is 10.6 Å². The molecule has 0 aliphatic carbocycles. The van der Waals surface area contributed by atoms with E-state index in [0.717, 1.165) is 0 Å². The van der Waals surface area contributed by atoms with Crippen molar-refractivity contribution in [3.63, 3.8) is 0 Å². The molecule has 11 nitrogen and oxygen atoms in total. The maximum atomic E-state index is 13.0. The highest BCUT2D eigenvalue weighted by molar-refractivity contribution is 6.06. The van der Waals surface area contributed by atoms with E-state index in [1.165, 1.54) is 19.1 Å². The Kier molecular flexibility index (Phi) is 6.05. The van der Waals surface area contributed by atoms with Gasteiger partial charge in [0.1, 0.15) is 11.5 Å². The number of carbonyl (C=O) groups excluding carboxylic acids is 2. The van der Waals surface area contributed by atoms with E-state index < -0.39 is 17.9 Å². The first-order valence-corrected chi connectivity index (χ1v) is 10.0. The summed E-state index contributed by atoms with van der Waals surface area (Å²) in [5.74, 6) is -2.18. The number of methoxy groups -OCH3 is 2. The topological polar surface area (TPSA) is 160 Å². The molecule has 0 saturated carbocycles. The van der Waals surface area contributed by atoms with E-state index in [4.69, 9.17) is 15.2 Å². The van der Waals surface area contributed by atoms with Gasteiger partial charge in [0, 0.05) is 11.3 Å². The van der Waals surface area contributed by atoms with E-state index in [-0.39, 0.29) is 22.7 Å². The van der Waals surface area contributed by atoms with Crippen molar-refractivity contribution in [2.24, 2.45) is 5.73 Å². The number of carbonyl (C=O) groups is 2. The van der Waals surface area contributed by atoms with Crippen molar-refractivity contribution >= 4 is 17.6 Å². The third kappa shape index (κ3) is 3.73. The highest BCUT2D eigenvalue weighted by atomic mass is 16.5. The number of hydrogen-bond acceptors (Lipinski definition) is 10. The third-order valence-corrected chi connectivity index (χ3v) is 5.34. The molecule has 2 heterocycles. The molecule has 0 radical (unpaired) electrons. The Hall–Kier alpha value is -4.98. The van der Waals surface area contributed by atoms with Crippen LogP contribution in [-0.4, -0.2) is 46.8 Å². The minimum absolute atomic E-state index is 0.0169. The zero-order valence-electron chi connectivity index (χ0n) is 18.2. The molecular weight excluding hydrogens is 438 g/mol. The predicted molar refractivity (Wildman–Crippen MR) is 119 cm³/mol. The predicted octanol–water partition coefficient (Wildman–Crippen LogP) is 1.76. The fourth-order valence-electron chi connectivity index (χ4n) is 3.83. The summed E-state index contributed by atoms with van der Waals surface area (Å²) in [6.07, 6.45) is 0. The minimum atomic E-state index is -0.928. The summed E-state index contributed by atoms with van der Waals surface area (Å²) in [6.45, 7) is 0. The monoisotopic (exact) mass is 457 g/mol. The molecule has 170 valence electrons. The first-order chi connectivity index (χ1) is 16.5. The molecule has 0 bridgehead atoms. The highest BCUT2D eigenvalue weighted by Crippen LogP contribution is 2.43. The maximum absolute atomic E-state index is 13.0. The van der Waals surface area contributed by atoms with Gasteiger partial charge in [0.05, 0.1) is 37.4 Å². The lowest BCUT2D eigenvalue weighted by atomic mass is 9.81. The van der Waals surface area contributed by atoms with Crippen LogP contribution in [0.1, 0.15) is 11.5 Å². The van der Waals surface area contributed by atoms with Crippen LogP contribution in [0.3, 0.4) is 0 Å². The van der Waals surface area contributed by atoms with E-state index in [9.17, 15) is 14.9 Å². The van der Waals surface area contributed by atoms with Gasteiger partial charge in [0.25, 0.3) is 0 Å². The number of H-pyrrole nitrogens is 1. The Balaban J connectivity index is 1.96. The van der Waals surface area contributed by atoms with E-state index in [2.05, 4.69) is 26.7 Å². The Morgan fingerprint density at radius 1 is 1.06 bits per heavy atom. The normalized spacial score (nSPS) is 15.7. The second-order valence-corrected chi connectivity index (χ2v) is 7.12. The molecule has 0 fully saturated rings. The number of esters is 2. The van der Waals surface area contributed by atoms with Crippen LogP contribution >= 0.6 is 0 Å². The van der Waals surface area contributed by atoms with Gasteiger partial charge in [0.2, 0.25) is 5.82 Å². The van der Waals surface area contributed by atoms with Gasteiger partial charge in [0.15, 0.2) is 0 Å². The lowest BCUT2D eigenvalue weighted by molar-refractivity contribution is -0.139. The third-order valence-electron chi connectivity index (χ3n) is 5.34. The Morgan fingerprint density at radius 2 is 1.74 bits per heavy atom. The molecule has 4 rings (SSSR count). The van der Waals surface area contributed by atoms with Gasteiger partial charge in [-0.2, -0.15) is 10.5 Å². The number of nitriles is 1. The van der Waals surface area contributed by atoms with Gasteiger partial charge in [-0.3, -0.25) is 4.90 Å². The zero-order chi connectivity index (χ0) is 24.2. The number of nitrogens with zero attached hydrogens (tertiary/aromatic N) is 5. The highest BCUT2D eigenvalue weighted by Gasteiger charge is 2.42. The lowest BCUT2D eigenvalue weighted by Gasteiger charge is -2.35. The smallest absolute Gasteiger partial charge is 0.355 e. The number of nitrogens with one attached hydrogen (secondary N) is 1. The Bertz CT molecular complexity index is 1320. The molecule has 1 aromatic heterocycles. The molecule has 0 amide bonds. The molecule has 2 aromatic carbocycles. The second kappa shape index (κ2) is 9.25. The van der Waals surface area contributed by atoms with Gasteiger partial charge in [-0.05, 0) is 35.0 Å². The van der Waals surface area contributed by atoms with Gasteiger partial charge >= 0.3 is 11.9 Å². The summed E-state index contributed by atoms with van der Waals surface area (Å²) in [4.78, 5) is 27.4. The van der Waals surface area contributed by atoms with Crippen molar-refractivity contribution < 1.29 is 19.1 Å². The molecule has 0 spiro atoms. The number of aromatic nitrogens is 4. The van der Waals surface area contributed by atoms with E-state index in [0.29, 0.717) is 22.6 Å². The SMILES string of the molecule is COC(=O)C1=C(C(=O)OC)N(c2ccc(-c3nn[nH]n3)cc2)C(N)=C(C#N)C1c1ccccc1. The molecule has 1 atom stereocenters. The quantitative estimate of drug-likeness (QED) is 0.540. The zero-order valence-corrected chi connectivity index (χ0v) is 18.2. The molecule has 3 aromatic rings. The number of rotatable bonds is 5. The van der Waals surface area contributed by atoms with Crippen LogP contribution in [0.15, 0.2) is 77.3 Å². The fraction of sp³-hybridized carbons (Fsp3) is 0.130. The van der Waals surface area contributed by atoms with Crippen molar-refractivity contribution in [2.45, 2.75) is 5.92 Å². The first kappa shape index (κ1) is 22.2. The molecule has 34 heavy (non-hydrogen) atoms. The van der Waals surface area contributed by atoms with Crippen LogP contribution in [0.2, 0.25) is 0 Å². The maximum Gasteiger partial charge on any atom is 0.355 e. The molecule has 11 heteroatoms. The Morgan fingerprint density at radius 3 is 2.29 bits per heavy atom. The molecule has 1 aliphatic heterocycles. The molecular formula is C23H19N7O4. The number of ether oxygens (including phenoxy) is 2. The van der Waals surface area contributed by atoms with Crippen molar-refractivity contribution in [2.75, 3.05) is 19.1 Å².